The summed E-state index contributed by atoms with van der Waals surface area (Å²) in [6, 6.07) is 24.5. The number of nitrogens with two attached hydrogens (primary N) is 5. The van der Waals surface area contributed by atoms with Crippen molar-refractivity contribution in [1.82, 2.24) is 78.8 Å². The van der Waals surface area contributed by atoms with Crippen molar-refractivity contribution in [2.24, 2.45) is 14.1 Å². The maximum Gasteiger partial charge on any atom is 0.337 e. The monoisotopic (exact) mass is 2210 g/mol. The van der Waals surface area contributed by atoms with Gasteiger partial charge in [0.25, 0.3) is 5.91 Å². The van der Waals surface area contributed by atoms with Crippen LogP contribution in [0.1, 0.15) is 119 Å². The molecule has 5 unspecified atom stereocenters. The Kier molecular flexibility index (Phi) is 35.0. The number of benzene rings is 2. The number of amides is 1. The van der Waals surface area contributed by atoms with Gasteiger partial charge >= 0.3 is 5.97 Å². The van der Waals surface area contributed by atoms with Gasteiger partial charge in [0, 0.05) is 188 Å². The summed E-state index contributed by atoms with van der Waals surface area (Å²) < 4.78 is 76.2. The van der Waals surface area contributed by atoms with Crippen LogP contribution in [-0.4, -0.2) is 162 Å². The van der Waals surface area contributed by atoms with E-state index in [4.69, 9.17) is 58.3 Å². The first-order valence-corrected chi connectivity index (χ1v) is 61.1. The molecule has 0 aliphatic heterocycles. The summed E-state index contributed by atoms with van der Waals surface area (Å²) in [5.41, 5.74) is 47.1. The number of unbranched alkanes of at least 4 members (excludes halogenated alkanes) is 4. The van der Waals surface area contributed by atoms with Gasteiger partial charge in [0.15, 0.2) is 0 Å². The lowest BCUT2D eigenvalue weighted by atomic mass is 9.99. The van der Waals surface area contributed by atoms with Crippen LogP contribution in [0.5, 0.6) is 0 Å². The number of fused-ring (bicyclic) bond motifs is 5. The highest BCUT2D eigenvalue weighted by molar-refractivity contribution is 7.89. The summed E-state index contributed by atoms with van der Waals surface area (Å²) in [5.74, 6) is 4.21. The number of hydrogen-bond donors (Lipinski definition) is 5. The van der Waals surface area contributed by atoms with Crippen molar-refractivity contribution in [1.29, 1.82) is 0 Å². The molecule has 0 saturated heterocycles. The van der Waals surface area contributed by atoms with Crippen molar-refractivity contribution in [3.05, 3.63) is 184 Å². The third-order valence-electron chi connectivity index (χ3n) is 22.4. The Labute approximate surface area is 881 Å². The van der Waals surface area contributed by atoms with Crippen molar-refractivity contribution in [3.63, 3.8) is 0 Å². The number of esters is 1. The van der Waals surface area contributed by atoms with E-state index in [0.717, 1.165) is 217 Å². The van der Waals surface area contributed by atoms with Crippen molar-refractivity contribution in [2.75, 3.05) is 78.6 Å². The van der Waals surface area contributed by atoms with Gasteiger partial charge in [-0.05, 0) is 116 Å². The molecule has 143 heavy (non-hydrogen) atoms. The molecule has 0 fully saturated rings. The smallest absolute Gasteiger partial charge is 0.337 e. The number of anilines is 5. The third-order valence-corrected chi connectivity index (χ3v) is 42.3. The van der Waals surface area contributed by atoms with Crippen molar-refractivity contribution >= 4 is 270 Å². The van der Waals surface area contributed by atoms with Gasteiger partial charge in [-0.2, -0.15) is 0 Å². The standard InChI is InChI=1S/C23H24N4O2S3.C21H19N3O3S3.C19H21N5OS3.C18H19N5OS3.C17H16N4OS4/c1-4-5-11-32(29)23-19(24)18-16(14-7-6-8-15(12-14)22(28)27(2)3)13-17(26-21(18)31-23)20-25-9-10-30-20;1-3-9-30(26)21-17(22)16-14(12-5-4-6-13(10-12)20(25)27-2)11-15(24-19(16)29-21)18-23-7-8-28-18;1-4-5-8-28(25)19-16(20)15-12(14-10-22-11(2)24(14)3)9-13(23-18(15)27-19)17-21-6-7-26-17;1-3-4-9-27(24)18-14(19)13-11(15-20-5-7-23(15)2)10-12(22-17(13)26-18)16-21-6-8-25-16;1-2-3-8-26(22)17-13(18)12-10(14-19-4-6-23-14)9-11(21-16(12)25-17)15-20-5-7-24-15/h6-10,12-13H,4-5,11,24H2,1-3H3;4-8,10-11H,3,9,22H2,1-2H3;6-7,9-10H,4-5,8,20H2,1-3H3;5-8,10H,3-4,9,19H2,1-2H3;4-7,9H,2-3,8,18H2,1H3. The lowest BCUT2D eigenvalue weighted by Gasteiger charge is -2.12. The topological polar surface area (TPSA) is 439 Å². The third kappa shape index (κ3) is 23.1. The summed E-state index contributed by atoms with van der Waals surface area (Å²) in [5, 5.41) is 20.6. The molecule has 0 bridgehead atoms. The van der Waals surface area contributed by atoms with Gasteiger partial charge in [-0.1, -0.05) is 84.6 Å². The van der Waals surface area contributed by atoms with E-state index in [2.05, 4.69) is 67.6 Å². The molecule has 45 heteroatoms. The number of carbonyl (C=O) groups excluding carboxylic acids is 2. The number of rotatable bonds is 31. The number of aromatic nitrogens is 15. The van der Waals surface area contributed by atoms with E-state index in [9.17, 15) is 30.6 Å². The molecule has 20 rings (SSSR count). The van der Waals surface area contributed by atoms with Crippen molar-refractivity contribution < 1.29 is 35.4 Å². The summed E-state index contributed by atoms with van der Waals surface area (Å²) in [6.07, 6.45) is 24.4. The maximum atomic E-state index is 12.9. The zero-order valence-electron chi connectivity index (χ0n) is 79.4. The number of ether oxygens (including phenoxy) is 1. The highest BCUT2D eigenvalue weighted by Crippen LogP contribution is 2.50. The molecule has 5 atom stereocenters. The minimum atomic E-state index is -1.18. The van der Waals surface area contributed by atoms with Crippen molar-refractivity contribution in [2.45, 2.75) is 120 Å². The average Bonchev–Trinajstić information content (AvgIpc) is 1.61. The normalized spacial score (nSPS) is 12.5. The van der Waals surface area contributed by atoms with Crippen LogP contribution in [-0.2, 0) is 72.8 Å². The number of aryl methyl sites for hydroxylation is 2. The first-order chi connectivity index (χ1) is 69.2. The highest BCUT2D eigenvalue weighted by atomic mass is 32.2. The van der Waals surface area contributed by atoms with Crippen LogP contribution < -0.4 is 28.7 Å². The molecular formula is C98H99N21O8S16. The number of pyridine rings is 5. The summed E-state index contributed by atoms with van der Waals surface area (Å²) in [4.78, 5) is 89.2. The Hall–Kier alpha value is -11.1. The van der Waals surface area contributed by atoms with Crippen LogP contribution in [0.25, 0.3) is 160 Å². The van der Waals surface area contributed by atoms with Crippen LogP contribution >= 0.6 is 125 Å². The zero-order valence-corrected chi connectivity index (χ0v) is 92.5. The van der Waals surface area contributed by atoms with E-state index in [1.165, 1.54) is 97.8 Å². The molecule has 18 aromatic heterocycles. The van der Waals surface area contributed by atoms with E-state index < -0.39 is 60.0 Å². The van der Waals surface area contributed by atoms with Crippen LogP contribution in [0.15, 0.2) is 188 Å². The van der Waals surface area contributed by atoms with Crippen LogP contribution in [0.3, 0.4) is 0 Å². The molecule has 18 heterocycles. The second-order valence-corrected chi connectivity index (χ2v) is 51.5. The quantitative estimate of drug-likeness (QED) is 0.0252. The van der Waals surface area contributed by atoms with E-state index in [-0.39, 0.29) is 5.91 Å². The second-order valence-electron chi connectivity index (χ2n) is 32.3. The Bertz CT molecular complexity index is 8040. The van der Waals surface area contributed by atoms with Gasteiger partial charge in [-0.25, -0.2) is 69.6 Å². The molecule has 0 radical (unpaired) electrons. The van der Waals surface area contributed by atoms with Gasteiger partial charge in [-0.3, -0.25) is 25.8 Å². The number of methoxy groups -OCH3 is 1. The molecule has 10 N–H and O–H groups in total. The van der Waals surface area contributed by atoms with Crippen molar-refractivity contribution in [3.8, 4) is 109 Å². The summed E-state index contributed by atoms with van der Waals surface area (Å²) in [7, 11) is 3.05. The largest absolute Gasteiger partial charge is 0.465 e. The van der Waals surface area contributed by atoms with E-state index >= 15 is 0 Å². The lowest BCUT2D eigenvalue weighted by Crippen LogP contribution is -2.21. The predicted molar refractivity (Wildman–Crippen MR) is 602 cm³/mol. The Balaban J connectivity index is 0.000000129. The van der Waals surface area contributed by atoms with E-state index in [1.54, 1.807) is 121 Å². The minimum Gasteiger partial charge on any atom is -0.465 e. The fourth-order valence-corrected chi connectivity index (χ4v) is 32.6. The van der Waals surface area contributed by atoms with Crippen LogP contribution in [0.2, 0.25) is 0 Å². The number of nitrogens with zero attached hydrogens (tertiary/aromatic N) is 16. The zero-order chi connectivity index (χ0) is 101. The number of thiazole rings is 6. The molecule has 0 spiro atoms. The molecule has 1 amide bonds. The Morgan fingerprint density at radius 2 is 0.692 bits per heavy atom. The Morgan fingerprint density at radius 1 is 0.378 bits per heavy atom. The maximum absolute atomic E-state index is 12.9. The lowest BCUT2D eigenvalue weighted by molar-refractivity contribution is 0.0600. The van der Waals surface area contributed by atoms with Crippen LogP contribution in [0.4, 0.5) is 28.4 Å². The second kappa shape index (κ2) is 47.8. The number of carbonyl (C=O) groups is 2. The SMILES string of the molecule is CCCCS(=O)c1sc2nc(-c3nccs3)cc(-c3cccc(C(=O)N(C)C)c3)c2c1N.CCCCS(=O)c1sc2nc(-c3nccs3)cc(-c3cnc(C)n3C)c2c1N.CCCCS(=O)c1sc2nc(-c3nccs3)cc(-c3nccn3C)c2c1N.CCCCS(=O)c1sc2nc(-c3nccs3)cc(-c3nccs3)c2c1N.CCCS(=O)c1sc2nc(-c3nccs3)cc(-c3cccc(C(=O)OC)c3)c2c1N. The fourth-order valence-electron chi connectivity index (χ4n) is 15.1. The van der Waals surface area contributed by atoms with Gasteiger partial charge in [0.2, 0.25) is 0 Å². The van der Waals surface area contributed by atoms with Crippen LogP contribution in [0, 0.1) is 6.92 Å². The van der Waals surface area contributed by atoms with Gasteiger partial charge in [0.05, 0.1) is 107 Å². The molecule has 0 aliphatic carbocycles. The molecule has 740 valence electrons. The predicted octanol–water partition coefficient (Wildman–Crippen LogP) is 24.2. The van der Waals surface area contributed by atoms with E-state index in [1.807, 2.05) is 136 Å². The highest BCUT2D eigenvalue weighted by Gasteiger charge is 2.30. The van der Waals surface area contributed by atoms with Gasteiger partial charge in [0.1, 0.15) is 115 Å². The summed E-state index contributed by atoms with van der Waals surface area (Å²) in [6.45, 7) is 12.3. The molecular weight excluding hydrogens is 2110 g/mol. The van der Waals surface area contributed by atoms with E-state index in [0.29, 0.717) is 95.7 Å². The molecule has 2 aromatic carbocycles. The minimum absolute atomic E-state index is 0.0723. The molecule has 20 aromatic rings. The number of nitrogen functional groups attached to an aromatic ring is 5. The van der Waals surface area contributed by atoms with Gasteiger partial charge in [-0.15, -0.1) is 125 Å². The summed E-state index contributed by atoms with van der Waals surface area (Å²) >= 11 is 16.2. The number of imidazole rings is 2. The van der Waals surface area contributed by atoms with Gasteiger partial charge < -0.3 is 47.4 Å². The molecule has 29 nitrogen and oxygen atoms in total. The first-order valence-electron chi connectivity index (χ1n) is 45.2. The number of thiophene rings is 5. The average molecular weight is 2210 g/mol. The molecule has 0 aliphatic rings. The first kappa shape index (κ1) is 105. The fraction of sp³-hybridized carbons (Fsp3) is 0.255. The number of hydrogen-bond acceptors (Lipinski definition) is 37. The molecule has 0 saturated carbocycles. The Morgan fingerprint density at radius 3 is 1.01 bits per heavy atom.